The van der Waals surface area contributed by atoms with Crippen LogP contribution in [0.2, 0.25) is 5.02 Å². The first-order valence-electron chi connectivity index (χ1n) is 6.37. The monoisotopic (exact) mass is 281 g/mol. The SMILES string of the molecule is CCOC(=O)[C@@H]1CCCN1C(=O)c1ccccc1Cl. The highest BCUT2D eigenvalue weighted by molar-refractivity contribution is 6.33. The van der Waals surface area contributed by atoms with Crippen LogP contribution in [0.4, 0.5) is 0 Å². The molecule has 1 aliphatic heterocycles. The third kappa shape index (κ3) is 2.89. The van der Waals surface area contributed by atoms with Gasteiger partial charge in [0, 0.05) is 6.54 Å². The second-order valence-corrected chi connectivity index (χ2v) is 4.80. The molecule has 1 amide bonds. The molecule has 0 spiro atoms. The highest BCUT2D eigenvalue weighted by atomic mass is 35.5. The van der Waals surface area contributed by atoms with Crippen LogP contribution in [0.15, 0.2) is 24.3 Å². The molecule has 1 saturated heterocycles. The molecule has 0 bridgehead atoms. The lowest BCUT2D eigenvalue weighted by Gasteiger charge is -2.23. The number of esters is 1. The van der Waals surface area contributed by atoms with E-state index in [0.717, 1.165) is 6.42 Å². The number of hydrogen-bond donors (Lipinski definition) is 0. The fourth-order valence-electron chi connectivity index (χ4n) is 2.28. The summed E-state index contributed by atoms with van der Waals surface area (Å²) in [5.74, 6) is -0.540. The molecule has 0 radical (unpaired) electrons. The molecule has 4 nitrogen and oxygen atoms in total. The van der Waals surface area contributed by atoms with Crippen molar-refractivity contribution in [1.29, 1.82) is 0 Å². The Morgan fingerprint density at radius 1 is 1.42 bits per heavy atom. The normalized spacial score (nSPS) is 18.4. The quantitative estimate of drug-likeness (QED) is 0.800. The topological polar surface area (TPSA) is 46.6 Å². The van der Waals surface area contributed by atoms with Crippen LogP contribution in [0.3, 0.4) is 0 Å². The third-order valence-electron chi connectivity index (χ3n) is 3.18. The number of rotatable bonds is 3. The van der Waals surface area contributed by atoms with Crippen LogP contribution < -0.4 is 0 Å². The fraction of sp³-hybridized carbons (Fsp3) is 0.429. The van der Waals surface area contributed by atoms with Gasteiger partial charge >= 0.3 is 5.97 Å². The van der Waals surface area contributed by atoms with E-state index in [1.807, 2.05) is 0 Å². The molecule has 0 saturated carbocycles. The Labute approximate surface area is 117 Å². The molecule has 2 rings (SSSR count). The summed E-state index contributed by atoms with van der Waals surface area (Å²) in [5.41, 5.74) is 0.431. The number of ether oxygens (including phenoxy) is 1. The lowest BCUT2D eigenvalue weighted by Crippen LogP contribution is -2.41. The second-order valence-electron chi connectivity index (χ2n) is 4.39. The van der Waals surface area contributed by atoms with Gasteiger partial charge < -0.3 is 9.64 Å². The van der Waals surface area contributed by atoms with Gasteiger partial charge in [-0.25, -0.2) is 4.79 Å². The van der Waals surface area contributed by atoms with Crippen LogP contribution in [0.25, 0.3) is 0 Å². The Balaban J connectivity index is 2.19. The largest absolute Gasteiger partial charge is 0.464 e. The minimum atomic E-state index is -0.483. The second kappa shape index (κ2) is 6.06. The Bertz CT molecular complexity index is 489. The Morgan fingerprint density at radius 3 is 2.84 bits per heavy atom. The van der Waals surface area contributed by atoms with Gasteiger partial charge in [-0.05, 0) is 31.9 Å². The summed E-state index contributed by atoms with van der Waals surface area (Å²) < 4.78 is 5.01. The van der Waals surface area contributed by atoms with Crippen LogP contribution >= 0.6 is 11.6 Å². The van der Waals surface area contributed by atoms with Crippen LogP contribution in [0.5, 0.6) is 0 Å². The van der Waals surface area contributed by atoms with Gasteiger partial charge in [0.15, 0.2) is 0 Å². The van der Waals surface area contributed by atoms with Crippen molar-refractivity contribution in [2.45, 2.75) is 25.8 Å². The molecule has 0 aromatic heterocycles. The Hall–Kier alpha value is -1.55. The molecule has 1 aromatic carbocycles. The van der Waals surface area contributed by atoms with Gasteiger partial charge in [-0.3, -0.25) is 4.79 Å². The van der Waals surface area contributed by atoms with E-state index in [0.29, 0.717) is 30.2 Å². The van der Waals surface area contributed by atoms with Crippen molar-refractivity contribution in [3.05, 3.63) is 34.9 Å². The van der Waals surface area contributed by atoms with E-state index < -0.39 is 6.04 Å². The molecular formula is C14H16ClNO3. The first-order chi connectivity index (χ1) is 9.15. The summed E-state index contributed by atoms with van der Waals surface area (Å²) in [7, 11) is 0. The van der Waals surface area contributed by atoms with E-state index in [9.17, 15) is 9.59 Å². The number of hydrogen-bond acceptors (Lipinski definition) is 3. The van der Waals surface area contributed by atoms with Gasteiger partial charge in [0.1, 0.15) is 6.04 Å². The highest BCUT2D eigenvalue weighted by Crippen LogP contribution is 2.24. The summed E-state index contributed by atoms with van der Waals surface area (Å²) in [6, 6.07) is 6.39. The van der Waals surface area contributed by atoms with E-state index in [1.165, 1.54) is 0 Å². The number of benzene rings is 1. The predicted molar refractivity (Wildman–Crippen MR) is 72.1 cm³/mol. The molecular weight excluding hydrogens is 266 g/mol. The zero-order valence-corrected chi connectivity index (χ0v) is 11.5. The number of amides is 1. The van der Waals surface area contributed by atoms with Crippen LogP contribution in [-0.2, 0) is 9.53 Å². The van der Waals surface area contributed by atoms with E-state index >= 15 is 0 Å². The van der Waals surface area contributed by atoms with E-state index in [2.05, 4.69) is 0 Å². The van der Waals surface area contributed by atoms with E-state index in [1.54, 1.807) is 36.1 Å². The fourth-order valence-corrected chi connectivity index (χ4v) is 2.50. The first kappa shape index (κ1) is 13.9. The molecule has 1 aromatic rings. The summed E-state index contributed by atoms with van der Waals surface area (Å²) in [5, 5.41) is 0.405. The number of carbonyl (C=O) groups is 2. The number of halogens is 1. The lowest BCUT2D eigenvalue weighted by atomic mass is 10.1. The third-order valence-corrected chi connectivity index (χ3v) is 3.51. The minimum absolute atomic E-state index is 0.207. The smallest absolute Gasteiger partial charge is 0.328 e. The van der Waals surface area contributed by atoms with E-state index in [-0.39, 0.29) is 11.9 Å². The summed E-state index contributed by atoms with van der Waals surface area (Å²) in [4.78, 5) is 25.8. The van der Waals surface area contributed by atoms with Crippen molar-refractivity contribution in [1.82, 2.24) is 4.90 Å². The maximum Gasteiger partial charge on any atom is 0.328 e. The predicted octanol–water partition coefficient (Wildman–Crippen LogP) is 2.51. The van der Waals surface area contributed by atoms with Crippen molar-refractivity contribution in [2.75, 3.05) is 13.2 Å². The zero-order chi connectivity index (χ0) is 13.8. The maximum absolute atomic E-state index is 12.4. The van der Waals surface area contributed by atoms with Crippen molar-refractivity contribution < 1.29 is 14.3 Å². The lowest BCUT2D eigenvalue weighted by molar-refractivity contribution is -0.147. The number of nitrogens with zero attached hydrogens (tertiary/aromatic N) is 1. The molecule has 0 aliphatic carbocycles. The zero-order valence-electron chi connectivity index (χ0n) is 10.8. The van der Waals surface area contributed by atoms with Gasteiger partial charge in [0.2, 0.25) is 0 Å². The highest BCUT2D eigenvalue weighted by Gasteiger charge is 2.35. The van der Waals surface area contributed by atoms with Gasteiger partial charge in [-0.15, -0.1) is 0 Å². The number of likely N-dealkylation sites (tertiary alicyclic amines) is 1. The Kier molecular flexibility index (Phi) is 4.43. The molecule has 1 atom stereocenters. The van der Waals surface area contributed by atoms with Gasteiger partial charge in [-0.1, -0.05) is 23.7 Å². The molecule has 1 aliphatic rings. The van der Waals surface area contributed by atoms with Crippen molar-refractivity contribution >= 4 is 23.5 Å². The average molecular weight is 282 g/mol. The van der Waals surface area contributed by atoms with Gasteiger partial charge in [-0.2, -0.15) is 0 Å². The Morgan fingerprint density at radius 2 is 2.16 bits per heavy atom. The van der Waals surface area contributed by atoms with Crippen LogP contribution in [0.1, 0.15) is 30.1 Å². The van der Waals surface area contributed by atoms with Crippen molar-refractivity contribution in [3.63, 3.8) is 0 Å². The standard InChI is InChI=1S/C14H16ClNO3/c1-2-19-14(18)12-8-5-9-16(12)13(17)10-6-3-4-7-11(10)15/h3-4,6-7,12H,2,5,8-9H2,1H3/t12-/m0/s1. The molecule has 0 N–H and O–H groups in total. The summed E-state index contributed by atoms with van der Waals surface area (Å²) >= 11 is 6.02. The van der Waals surface area contributed by atoms with Crippen molar-refractivity contribution in [3.8, 4) is 0 Å². The van der Waals surface area contributed by atoms with Crippen LogP contribution in [0, 0.1) is 0 Å². The molecule has 102 valence electrons. The van der Waals surface area contributed by atoms with E-state index in [4.69, 9.17) is 16.3 Å². The summed E-state index contributed by atoms with van der Waals surface area (Å²) in [6.07, 6.45) is 1.45. The molecule has 5 heteroatoms. The van der Waals surface area contributed by atoms with Crippen molar-refractivity contribution in [2.24, 2.45) is 0 Å². The average Bonchev–Trinajstić information content (AvgIpc) is 2.88. The minimum Gasteiger partial charge on any atom is -0.464 e. The maximum atomic E-state index is 12.4. The molecule has 19 heavy (non-hydrogen) atoms. The molecule has 0 unspecified atom stereocenters. The van der Waals surface area contributed by atoms with Crippen LogP contribution in [-0.4, -0.2) is 36.0 Å². The van der Waals surface area contributed by atoms with Gasteiger partial charge in [0.25, 0.3) is 5.91 Å². The summed E-state index contributed by atoms with van der Waals surface area (Å²) in [6.45, 7) is 2.64. The molecule has 1 heterocycles. The first-order valence-corrected chi connectivity index (χ1v) is 6.75. The molecule has 1 fully saturated rings. The van der Waals surface area contributed by atoms with Gasteiger partial charge in [0.05, 0.1) is 17.2 Å². The number of carbonyl (C=O) groups excluding carboxylic acids is 2.